The van der Waals surface area contributed by atoms with E-state index in [0.29, 0.717) is 11.3 Å². The molecule has 0 amide bonds. The Bertz CT molecular complexity index is 298. The molecule has 4 heteroatoms. The molecule has 0 N–H and O–H groups in total. The van der Waals surface area contributed by atoms with Crippen molar-refractivity contribution >= 4 is 12.0 Å². The standard InChI is InChI=1S/C7H5N3O/c8-10-9-7-3-1-6(5-11)2-4-7/h1-5H. The molecule has 0 atom stereocenters. The molecule has 0 saturated heterocycles. The van der Waals surface area contributed by atoms with Crippen LogP contribution in [0.3, 0.4) is 0 Å². The van der Waals surface area contributed by atoms with Gasteiger partial charge in [0.15, 0.2) is 0 Å². The summed E-state index contributed by atoms with van der Waals surface area (Å²) >= 11 is 0. The van der Waals surface area contributed by atoms with Gasteiger partial charge in [-0.1, -0.05) is 29.4 Å². The summed E-state index contributed by atoms with van der Waals surface area (Å²) in [4.78, 5) is 12.8. The van der Waals surface area contributed by atoms with E-state index in [1.54, 1.807) is 24.3 Å². The highest BCUT2D eigenvalue weighted by molar-refractivity contribution is 5.75. The van der Waals surface area contributed by atoms with Gasteiger partial charge in [-0.2, -0.15) is 0 Å². The van der Waals surface area contributed by atoms with Crippen molar-refractivity contribution in [1.29, 1.82) is 0 Å². The predicted octanol–water partition coefficient (Wildman–Crippen LogP) is 2.44. The summed E-state index contributed by atoms with van der Waals surface area (Å²) in [6.45, 7) is 0. The lowest BCUT2D eigenvalue weighted by molar-refractivity contribution is 0.112. The van der Waals surface area contributed by atoms with E-state index < -0.39 is 0 Å². The molecule has 0 aromatic heterocycles. The number of hydrogen-bond acceptors (Lipinski definition) is 2. The van der Waals surface area contributed by atoms with Crippen LogP contribution in [0.5, 0.6) is 0 Å². The molecule has 0 radical (unpaired) electrons. The van der Waals surface area contributed by atoms with Gasteiger partial charge in [-0.05, 0) is 5.53 Å². The lowest BCUT2D eigenvalue weighted by atomic mass is 10.2. The molecule has 0 fully saturated rings. The molecule has 0 spiro atoms. The highest BCUT2D eigenvalue weighted by Crippen LogP contribution is 2.11. The van der Waals surface area contributed by atoms with Crippen LogP contribution in [0.2, 0.25) is 0 Å². The van der Waals surface area contributed by atoms with Crippen LogP contribution in [-0.2, 0) is 0 Å². The topological polar surface area (TPSA) is 65.8 Å². The first-order chi connectivity index (χ1) is 5.36. The van der Waals surface area contributed by atoms with Crippen LogP contribution < -0.4 is 0 Å². The molecule has 0 aliphatic carbocycles. The number of hydrogen-bond donors (Lipinski definition) is 0. The largest absolute Gasteiger partial charge is 0.298 e. The Kier molecular flexibility index (Phi) is 2.25. The zero-order valence-electron chi connectivity index (χ0n) is 5.64. The van der Waals surface area contributed by atoms with Gasteiger partial charge < -0.3 is 0 Å². The van der Waals surface area contributed by atoms with Crippen molar-refractivity contribution in [2.45, 2.75) is 0 Å². The minimum atomic E-state index is 0.512. The molecule has 1 aromatic carbocycles. The number of benzene rings is 1. The maximum Gasteiger partial charge on any atom is 0.150 e. The third-order valence-electron chi connectivity index (χ3n) is 1.19. The minimum Gasteiger partial charge on any atom is -0.298 e. The van der Waals surface area contributed by atoms with Crippen LogP contribution in [0.25, 0.3) is 10.4 Å². The van der Waals surface area contributed by atoms with E-state index in [1.807, 2.05) is 0 Å². The molecular weight excluding hydrogens is 142 g/mol. The number of nitrogens with zero attached hydrogens (tertiary/aromatic N) is 3. The van der Waals surface area contributed by atoms with Crippen molar-refractivity contribution in [2.75, 3.05) is 0 Å². The van der Waals surface area contributed by atoms with Gasteiger partial charge in [0.1, 0.15) is 6.29 Å². The molecule has 1 aromatic rings. The van der Waals surface area contributed by atoms with Crippen LogP contribution >= 0.6 is 0 Å². The zero-order valence-corrected chi connectivity index (χ0v) is 5.64. The number of carbonyl (C=O) groups excluding carboxylic acids is 1. The molecule has 0 saturated carbocycles. The van der Waals surface area contributed by atoms with Gasteiger partial charge >= 0.3 is 0 Å². The summed E-state index contributed by atoms with van der Waals surface area (Å²) in [5.74, 6) is 0. The maximum absolute atomic E-state index is 10.2. The Morgan fingerprint density at radius 2 is 2.00 bits per heavy atom. The van der Waals surface area contributed by atoms with E-state index in [9.17, 15) is 4.79 Å². The zero-order chi connectivity index (χ0) is 8.10. The summed E-state index contributed by atoms with van der Waals surface area (Å²) in [5, 5.41) is 3.35. The fraction of sp³-hybridized carbons (Fsp3) is 0. The third-order valence-corrected chi connectivity index (χ3v) is 1.19. The summed E-state index contributed by atoms with van der Waals surface area (Å²) in [7, 11) is 0. The molecule has 0 aliphatic heterocycles. The Hall–Kier alpha value is -1.80. The summed E-state index contributed by atoms with van der Waals surface area (Å²) < 4.78 is 0. The second-order valence-corrected chi connectivity index (χ2v) is 1.90. The SMILES string of the molecule is [N-]=[N+]=Nc1ccc(C=O)cc1. The average Bonchev–Trinajstić information content (AvgIpc) is 2.07. The molecule has 11 heavy (non-hydrogen) atoms. The lowest BCUT2D eigenvalue weighted by Gasteiger charge is -1.89. The average molecular weight is 147 g/mol. The van der Waals surface area contributed by atoms with Crippen LogP contribution in [0.1, 0.15) is 10.4 Å². The van der Waals surface area contributed by atoms with E-state index in [2.05, 4.69) is 10.0 Å². The first-order valence-electron chi connectivity index (χ1n) is 2.97. The Labute approximate surface area is 63.1 Å². The molecule has 0 heterocycles. The van der Waals surface area contributed by atoms with Crippen LogP contribution in [0.15, 0.2) is 29.4 Å². The highest BCUT2D eigenvalue weighted by Gasteiger charge is 1.88. The van der Waals surface area contributed by atoms with Crippen molar-refractivity contribution in [3.8, 4) is 0 Å². The van der Waals surface area contributed by atoms with Crippen molar-refractivity contribution in [1.82, 2.24) is 0 Å². The van der Waals surface area contributed by atoms with Gasteiger partial charge in [0, 0.05) is 16.2 Å². The van der Waals surface area contributed by atoms with Crippen LogP contribution in [0, 0.1) is 0 Å². The minimum absolute atomic E-state index is 0.512. The second kappa shape index (κ2) is 3.39. The first kappa shape index (κ1) is 7.31. The fourth-order valence-electron chi connectivity index (χ4n) is 0.671. The van der Waals surface area contributed by atoms with Gasteiger partial charge in [0.05, 0.1) is 0 Å². The van der Waals surface area contributed by atoms with Gasteiger partial charge in [-0.15, -0.1) is 0 Å². The first-order valence-corrected chi connectivity index (χ1v) is 2.97. The maximum atomic E-state index is 10.2. The van der Waals surface area contributed by atoms with Crippen molar-refractivity contribution in [3.63, 3.8) is 0 Å². The number of azide groups is 1. The molecule has 1 rings (SSSR count). The predicted molar refractivity (Wildman–Crippen MR) is 40.6 cm³/mol. The monoisotopic (exact) mass is 147 g/mol. The van der Waals surface area contributed by atoms with Crippen molar-refractivity contribution < 1.29 is 4.79 Å². The molecule has 4 nitrogen and oxygen atoms in total. The van der Waals surface area contributed by atoms with Gasteiger partial charge in [-0.25, -0.2) is 0 Å². The Morgan fingerprint density at radius 1 is 1.36 bits per heavy atom. The van der Waals surface area contributed by atoms with E-state index in [0.717, 1.165) is 6.29 Å². The quantitative estimate of drug-likeness (QED) is 0.274. The lowest BCUT2D eigenvalue weighted by Crippen LogP contribution is -1.74. The van der Waals surface area contributed by atoms with E-state index in [1.165, 1.54) is 0 Å². The molecule has 0 bridgehead atoms. The van der Waals surface area contributed by atoms with Gasteiger partial charge in [-0.3, -0.25) is 4.79 Å². The highest BCUT2D eigenvalue weighted by atomic mass is 16.1. The van der Waals surface area contributed by atoms with Gasteiger partial charge in [0.2, 0.25) is 0 Å². The van der Waals surface area contributed by atoms with E-state index >= 15 is 0 Å². The van der Waals surface area contributed by atoms with E-state index in [4.69, 9.17) is 5.53 Å². The fourth-order valence-corrected chi connectivity index (χ4v) is 0.671. The normalized spacial score (nSPS) is 8.36. The molecule has 0 unspecified atom stereocenters. The summed E-state index contributed by atoms with van der Waals surface area (Å²) in [6, 6.07) is 6.36. The number of carbonyl (C=O) groups is 1. The summed E-state index contributed by atoms with van der Waals surface area (Å²) in [6.07, 6.45) is 0.736. The molecule has 0 aliphatic rings. The van der Waals surface area contributed by atoms with Gasteiger partial charge in [0.25, 0.3) is 0 Å². The van der Waals surface area contributed by atoms with Crippen LogP contribution in [-0.4, -0.2) is 6.29 Å². The van der Waals surface area contributed by atoms with Crippen molar-refractivity contribution in [3.05, 3.63) is 40.3 Å². The van der Waals surface area contributed by atoms with Crippen molar-refractivity contribution in [2.24, 2.45) is 5.11 Å². The van der Waals surface area contributed by atoms with Crippen LogP contribution in [0.4, 0.5) is 5.69 Å². The smallest absolute Gasteiger partial charge is 0.150 e. The van der Waals surface area contributed by atoms with E-state index in [-0.39, 0.29) is 0 Å². The summed E-state index contributed by atoms with van der Waals surface area (Å²) in [5.41, 5.74) is 9.12. The molecule has 54 valence electrons. The number of aldehydes is 1. The second-order valence-electron chi connectivity index (χ2n) is 1.90. The molecular formula is C7H5N3O. The third kappa shape index (κ3) is 1.81. The Balaban J connectivity index is 2.99. The number of rotatable bonds is 2. The Morgan fingerprint density at radius 3 is 2.45 bits per heavy atom.